The van der Waals surface area contributed by atoms with Crippen LogP contribution in [0.25, 0.3) is 0 Å². The molecule has 32 heavy (non-hydrogen) atoms. The normalized spacial score (nSPS) is 18.3. The molecular weight excluding hydrogens is 434 g/mol. The van der Waals surface area contributed by atoms with E-state index in [1.165, 1.54) is 20.8 Å². The van der Waals surface area contributed by atoms with Crippen molar-refractivity contribution >= 4 is 27.5 Å². The van der Waals surface area contributed by atoms with Gasteiger partial charge in [0, 0.05) is 18.8 Å². The molecule has 2 aromatic rings. The number of hydrogen-bond donors (Lipinski definition) is 3. The SMILES string of the molecule is Cc1noc(C)c1S(=O)(=O)N[C@@H](C)C(=O)Nc1ccc(CN2CCCC(C(N)=O)C2)cc1. The van der Waals surface area contributed by atoms with Gasteiger partial charge in [-0.05, 0) is 57.9 Å². The van der Waals surface area contributed by atoms with E-state index in [1.807, 2.05) is 12.1 Å². The molecule has 1 saturated heterocycles. The number of carbonyl (C=O) groups excluding carboxylic acids is 2. The number of benzene rings is 1. The fourth-order valence-corrected chi connectivity index (χ4v) is 5.37. The zero-order valence-electron chi connectivity index (χ0n) is 18.4. The monoisotopic (exact) mass is 463 g/mol. The minimum absolute atomic E-state index is 0.0576. The zero-order chi connectivity index (χ0) is 23.5. The van der Waals surface area contributed by atoms with Crippen LogP contribution in [0.3, 0.4) is 0 Å². The van der Waals surface area contributed by atoms with E-state index >= 15 is 0 Å². The Morgan fingerprint density at radius 2 is 1.97 bits per heavy atom. The van der Waals surface area contributed by atoms with Gasteiger partial charge in [-0.15, -0.1) is 0 Å². The second-order valence-corrected chi connectivity index (χ2v) is 9.81. The molecule has 1 unspecified atom stereocenters. The predicted octanol–water partition coefficient (Wildman–Crippen LogP) is 1.29. The summed E-state index contributed by atoms with van der Waals surface area (Å²) in [5.41, 5.74) is 7.26. The standard InChI is InChI=1S/C21H29N5O5S/c1-13-19(15(3)31-24-13)32(29,30)25-14(2)21(28)23-18-8-6-16(7-9-18)11-26-10-4-5-17(12-26)20(22)27/h6-9,14,17,25H,4-5,10-12H2,1-3H3,(H2,22,27)(H,23,28)/t14-,17?/m0/s1. The maximum atomic E-state index is 12.6. The Kier molecular flexibility index (Phi) is 7.32. The van der Waals surface area contributed by atoms with Crippen LogP contribution in [0.2, 0.25) is 0 Å². The third-order valence-corrected chi connectivity index (χ3v) is 7.28. The number of aryl methyl sites for hydroxylation is 2. The van der Waals surface area contributed by atoms with Crippen LogP contribution in [0.1, 0.15) is 36.8 Å². The molecule has 2 atom stereocenters. The summed E-state index contributed by atoms with van der Waals surface area (Å²) in [6.07, 6.45) is 1.76. The molecule has 0 saturated carbocycles. The van der Waals surface area contributed by atoms with Gasteiger partial charge in [0.2, 0.25) is 21.8 Å². The van der Waals surface area contributed by atoms with E-state index < -0.39 is 22.0 Å². The lowest BCUT2D eigenvalue weighted by Crippen LogP contribution is -2.41. The van der Waals surface area contributed by atoms with Crippen molar-refractivity contribution in [3.63, 3.8) is 0 Å². The number of nitrogens with two attached hydrogens (primary N) is 1. The number of sulfonamides is 1. The van der Waals surface area contributed by atoms with Crippen LogP contribution in [0.15, 0.2) is 33.7 Å². The summed E-state index contributed by atoms with van der Waals surface area (Å²) in [7, 11) is -3.95. The number of amides is 2. The van der Waals surface area contributed by atoms with E-state index in [9.17, 15) is 18.0 Å². The van der Waals surface area contributed by atoms with E-state index in [-0.39, 0.29) is 28.2 Å². The molecular formula is C21H29N5O5S. The molecule has 0 aliphatic carbocycles. The summed E-state index contributed by atoms with van der Waals surface area (Å²) in [5.74, 6) is -0.702. The molecule has 4 N–H and O–H groups in total. The van der Waals surface area contributed by atoms with Crippen molar-refractivity contribution in [3.05, 3.63) is 41.3 Å². The van der Waals surface area contributed by atoms with E-state index in [2.05, 4.69) is 20.1 Å². The Balaban J connectivity index is 1.56. The first kappa shape index (κ1) is 23.9. The number of hydrogen-bond acceptors (Lipinski definition) is 7. The van der Waals surface area contributed by atoms with Gasteiger partial charge in [-0.2, -0.15) is 4.72 Å². The number of anilines is 1. The van der Waals surface area contributed by atoms with Crippen molar-refractivity contribution in [2.24, 2.45) is 11.7 Å². The highest BCUT2D eigenvalue weighted by Crippen LogP contribution is 2.20. The molecule has 174 valence electrons. The first-order valence-electron chi connectivity index (χ1n) is 10.4. The summed E-state index contributed by atoms with van der Waals surface area (Å²) in [6, 6.07) is 6.30. The zero-order valence-corrected chi connectivity index (χ0v) is 19.2. The molecule has 2 amide bonds. The minimum atomic E-state index is -3.95. The third-order valence-electron chi connectivity index (χ3n) is 5.50. The first-order chi connectivity index (χ1) is 15.1. The van der Waals surface area contributed by atoms with Crippen LogP contribution in [0.4, 0.5) is 5.69 Å². The topological polar surface area (TPSA) is 148 Å². The molecule has 3 rings (SSSR count). The van der Waals surface area contributed by atoms with Crippen LogP contribution in [0.5, 0.6) is 0 Å². The van der Waals surface area contributed by atoms with Gasteiger partial charge in [0.25, 0.3) is 0 Å². The fourth-order valence-electron chi connectivity index (χ4n) is 3.84. The summed E-state index contributed by atoms with van der Waals surface area (Å²) in [5, 5.41) is 6.36. The van der Waals surface area contributed by atoms with Gasteiger partial charge in [-0.1, -0.05) is 17.3 Å². The van der Waals surface area contributed by atoms with Crippen LogP contribution < -0.4 is 15.8 Å². The summed E-state index contributed by atoms with van der Waals surface area (Å²) in [6.45, 7) is 6.73. The molecule has 0 bridgehead atoms. The number of primary amides is 1. The molecule has 1 fully saturated rings. The average Bonchev–Trinajstić information content (AvgIpc) is 3.08. The van der Waals surface area contributed by atoms with Crippen LogP contribution >= 0.6 is 0 Å². The van der Waals surface area contributed by atoms with Crippen LogP contribution in [-0.2, 0) is 26.2 Å². The summed E-state index contributed by atoms with van der Waals surface area (Å²) >= 11 is 0. The second kappa shape index (κ2) is 9.80. The number of piperidine rings is 1. The number of nitrogens with zero attached hydrogens (tertiary/aromatic N) is 2. The Bertz CT molecular complexity index is 1060. The van der Waals surface area contributed by atoms with Gasteiger partial charge in [-0.3, -0.25) is 14.5 Å². The smallest absolute Gasteiger partial charge is 0.246 e. The van der Waals surface area contributed by atoms with Gasteiger partial charge in [-0.25, -0.2) is 8.42 Å². The van der Waals surface area contributed by atoms with Crippen molar-refractivity contribution in [1.82, 2.24) is 14.8 Å². The third kappa shape index (κ3) is 5.72. The quantitative estimate of drug-likeness (QED) is 0.534. The number of likely N-dealkylation sites (tertiary alicyclic amines) is 1. The summed E-state index contributed by atoms with van der Waals surface area (Å²) in [4.78, 5) is 26.1. The van der Waals surface area contributed by atoms with E-state index in [1.54, 1.807) is 12.1 Å². The molecule has 11 heteroatoms. The molecule has 10 nitrogen and oxygen atoms in total. The average molecular weight is 464 g/mol. The minimum Gasteiger partial charge on any atom is -0.369 e. The van der Waals surface area contributed by atoms with Crippen molar-refractivity contribution in [2.75, 3.05) is 18.4 Å². The number of rotatable bonds is 8. The molecule has 1 aromatic heterocycles. The van der Waals surface area contributed by atoms with Gasteiger partial charge >= 0.3 is 0 Å². The lowest BCUT2D eigenvalue weighted by Gasteiger charge is -2.31. The Labute approximate surface area is 187 Å². The van der Waals surface area contributed by atoms with Gasteiger partial charge in [0.05, 0.1) is 12.0 Å². The van der Waals surface area contributed by atoms with Crippen molar-refractivity contribution < 1.29 is 22.5 Å². The highest BCUT2D eigenvalue weighted by atomic mass is 32.2. The maximum Gasteiger partial charge on any atom is 0.246 e. The molecule has 1 aliphatic rings. The maximum absolute atomic E-state index is 12.6. The largest absolute Gasteiger partial charge is 0.369 e. The predicted molar refractivity (Wildman–Crippen MR) is 118 cm³/mol. The number of aromatic nitrogens is 1. The summed E-state index contributed by atoms with van der Waals surface area (Å²) < 4.78 is 32.4. The van der Waals surface area contributed by atoms with E-state index in [0.717, 1.165) is 24.9 Å². The Morgan fingerprint density at radius 1 is 1.28 bits per heavy atom. The van der Waals surface area contributed by atoms with E-state index in [0.29, 0.717) is 18.8 Å². The highest BCUT2D eigenvalue weighted by molar-refractivity contribution is 7.89. The van der Waals surface area contributed by atoms with Gasteiger partial charge in [0.1, 0.15) is 10.6 Å². The molecule has 2 heterocycles. The molecule has 1 aliphatic heterocycles. The second-order valence-electron chi connectivity index (χ2n) is 8.16. The Hall–Kier alpha value is -2.76. The van der Waals surface area contributed by atoms with Crippen LogP contribution in [-0.4, -0.2) is 49.4 Å². The van der Waals surface area contributed by atoms with Crippen LogP contribution in [0, 0.1) is 19.8 Å². The lowest BCUT2D eigenvalue weighted by molar-refractivity contribution is -0.123. The van der Waals surface area contributed by atoms with Crippen molar-refractivity contribution in [3.8, 4) is 0 Å². The highest BCUT2D eigenvalue weighted by Gasteiger charge is 2.28. The number of carbonyl (C=O) groups is 2. The molecule has 0 radical (unpaired) electrons. The van der Waals surface area contributed by atoms with Gasteiger partial charge in [0.15, 0.2) is 5.76 Å². The molecule has 1 aromatic carbocycles. The lowest BCUT2D eigenvalue weighted by atomic mass is 9.97. The molecule has 0 spiro atoms. The fraction of sp³-hybridized carbons (Fsp3) is 0.476. The van der Waals surface area contributed by atoms with Crippen molar-refractivity contribution in [1.29, 1.82) is 0 Å². The Morgan fingerprint density at radius 3 is 2.56 bits per heavy atom. The van der Waals surface area contributed by atoms with Gasteiger partial charge < -0.3 is 15.6 Å². The van der Waals surface area contributed by atoms with E-state index in [4.69, 9.17) is 10.3 Å². The van der Waals surface area contributed by atoms with Crippen molar-refractivity contribution in [2.45, 2.75) is 51.1 Å². The first-order valence-corrected chi connectivity index (χ1v) is 11.9. The number of nitrogens with one attached hydrogen (secondary N) is 2.